The van der Waals surface area contributed by atoms with Gasteiger partial charge in [-0.2, -0.15) is 4.68 Å². The third-order valence-corrected chi connectivity index (χ3v) is 5.34. The summed E-state index contributed by atoms with van der Waals surface area (Å²) in [5, 5.41) is 13.7. The maximum Gasteiger partial charge on any atom is 0.237 e. The van der Waals surface area contributed by atoms with Crippen molar-refractivity contribution in [2.24, 2.45) is 0 Å². The fourth-order valence-corrected chi connectivity index (χ4v) is 3.46. The van der Waals surface area contributed by atoms with Gasteiger partial charge >= 0.3 is 0 Å². The second-order valence-corrected chi connectivity index (χ2v) is 7.80. The van der Waals surface area contributed by atoms with E-state index < -0.39 is 28.5 Å². The lowest BCUT2D eigenvalue weighted by atomic mass is 10.1. The number of anilines is 1. The maximum atomic E-state index is 13.7. The third kappa shape index (κ3) is 5.17. The van der Waals surface area contributed by atoms with Crippen LogP contribution in [0.1, 0.15) is 32.3 Å². The number of aryl methyl sites for hydroxylation is 1. The van der Waals surface area contributed by atoms with Gasteiger partial charge < -0.3 is 5.32 Å². The SMILES string of the molecule is CCCCc1ccc(-n2nnnc2SC(C)C(=O)Nc2c(F)cccc2F)cc1. The molecule has 9 heteroatoms. The van der Waals surface area contributed by atoms with Crippen LogP contribution in [0, 0.1) is 11.6 Å². The molecule has 0 bridgehead atoms. The zero-order valence-electron chi connectivity index (χ0n) is 16.1. The van der Waals surface area contributed by atoms with E-state index in [9.17, 15) is 13.6 Å². The average Bonchev–Trinajstić information content (AvgIpc) is 3.17. The van der Waals surface area contributed by atoms with E-state index in [4.69, 9.17) is 0 Å². The Morgan fingerprint density at radius 3 is 2.52 bits per heavy atom. The summed E-state index contributed by atoms with van der Waals surface area (Å²) in [6.07, 6.45) is 3.27. The average molecular weight is 417 g/mol. The van der Waals surface area contributed by atoms with Gasteiger partial charge in [-0.15, -0.1) is 5.10 Å². The number of hydrogen-bond donors (Lipinski definition) is 1. The number of rotatable bonds is 8. The lowest BCUT2D eigenvalue weighted by Crippen LogP contribution is -2.24. The first-order chi connectivity index (χ1) is 14.0. The molecule has 152 valence electrons. The van der Waals surface area contributed by atoms with Crippen molar-refractivity contribution in [2.45, 2.75) is 43.5 Å². The fraction of sp³-hybridized carbons (Fsp3) is 0.300. The predicted molar refractivity (Wildman–Crippen MR) is 108 cm³/mol. The van der Waals surface area contributed by atoms with E-state index in [1.165, 1.54) is 16.3 Å². The topological polar surface area (TPSA) is 72.7 Å². The molecule has 0 spiro atoms. The zero-order valence-corrected chi connectivity index (χ0v) is 16.9. The predicted octanol–water partition coefficient (Wildman–Crippen LogP) is 4.40. The molecule has 29 heavy (non-hydrogen) atoms. The summed E-state index contributed by atoms with van der Waals surface area (Å²) in [5.41, 5.74) is 1.54. The number of thioether (sulfide) groups is 1. The monoisotopic (exact) mass is 417 g/mol. The largest absolute Gasteiger partial charge is 0.320 e. The van der Waals surface area contributed by atoms with E-state index in [1.54, 1.807) is 6.92 Å². The molecule has 3 aromatic rings. The van der Waals surface area contributed by atoms with Crippen LogP contribution >= 0.6 is 11.8 Å². The minimum Gasteiger partial charge on any atom is -0.320 e. The highest BCUT2D eigenvalue weighted by molar-refractivity contribution is 8.00. The van der Waals surface area contributed by atoms with E-state index in [-0.39, 0.29) is 0 Å². The van der Waals surface area contributed by atoms with E-state index in [1.807, 2.05) is 24.3 Å². The fourth-order valence-electron chi connectivity index (χ4n) is 2.65. The molecule has 2 aromatic carbocycles. The molecule has 0 fully saturated rings. The maximum absolute atomic E-state index is 13.7. The number of benzene rings is 2. The second-order valence-electron chi connectivity index (χ2n) is 6.49. The highest BCUT2D eigenvalue weighted by Gasteiger charge is 2.21. The van der Waals surface area contributed by atoms with Crippen molar-refractivity contribution in [2.75, 3.05) is 5.32 Å². The summed E-state index contributed by atoms with van der Waals surface area (Å²) in [6, 6.07) is 11.3. The van der Waals surface area contributed by atoms with E-state index in [2.05, 4.69) is 27.8 Å². The first kappa shape index (κ1) is 20.9. The molecule has 1 atom stereocenters. The number of nitrogens with zero attached hydrogens (tertiary/aromatic N) is 4. The summed E-state index contributed by atoms with van der Waals surface area (Å²) < 4.78 is 29.0. The summed E-state index contributed by atoms with van der Waals surface area (Å²) in [7, 11) is 0. The van der Waals surface area contributed by atoms with Crippen molar-refractivity contribution in [3.8, 4) is 5.69 Å². The first-order valence-electron chi connectivity index (χ1n) is 9.28. The van der Waals surface area contributed by atoms with Crippen molar-refractivity contribution in [1.82, 2.24) is 20.2 Å². The van der Waals surface area contributed by atoms with E-state index in [0.29, 0.717) is 5.16 Å². The number of unbranched alkanes of at least 4 members (excludes halogenated alkanes) is 1. The number of carbonyl (C=O) groups excluding carboxylic acids is 1. The Kier molecular flexibility index (Phi) is 6.92. The normalized spacial score (nSPS) is 12.0. The molecule has 3 rings (SSSR count). The van der Waals surface area contributed by atoms with Gasteiger partial charge in [0.2, 0.25) is 11.1 Å². The smallest absolute Gasteiger partial charge is 0.237 e. The van der Waals surface area contributed by atoms with Crippen LogP contribution in [0.3, 0.4) is 0 Å². The molecule has 0 radical (unpaired) electrons. The summed E-state index contributed by atoms with van der Waals surface area (Å²) in [5.74, 6) is -2.21. The van der Waals surface area contributed by atoms with Crippen LogP contribution in [0.2, 0.25) is 0 Å². The van der Waals surface area contributed by atoms with Gasteiger partial charge in [0, 0.05) is 0 Å². The number of carbonyl (C=O) groups is 1. The van der Waals surface area contributed by atoms with Crippen molar-refractivity contribution in [3.63, 3.8) is 0 Å². The van der Waals surface area contributed by atoms with Crippen LogP contribution in [0.5, 0.6) is 0 Å². The molecule has 0 aliphatic heterocycles. The van der Waals surface area contributed by atoms with Gasteiger partial charge in [0.15, 0.2) is 0 Å². The van der Waals surface area contributed by atoms with Gasteiger partial charge in [-0.05, 0) is 60.0 Å². The zero-order chi connectivity index (χ0) is 20.8. The van der Waals surface area contributed by atoms with Crippen molar-refractivity contribution < 1.29 is 13.6 Å². The number of nitrogens with one attached hydrogen (secondary N) is 1. The molecule has 1 N–H and O–H groups in total. The highest BCUT2D eigenvalue weighted by Crippen LogP contribution is 2.25. The van der Waals surface area contributed by atoms with Crippen LogP contribution in [-0.4, -0.2) is 31.4 Å². The molecule has 1 heterocycles. The lowest BCUT2D eigenvalue weighted by Gasteiger charge is -2.13. The van der Waals surface area contributed by atoms with Gasteiger partial charge in [-0.3, -0.25) is 4.79 Å². The van der Waals surface area contributed by atoms with Crippen LogP contribution in [-0.2, 0) is 11.2 Å². The minimum atomic E-state index is -0.830. The Labute approximate surface area is 171 Å². The standard InChI is InChI=1S/C20H21F2N5OS/c1-3-4-6-14-9-11-15(12-10-14)27-20(24-25-26-27)29-13(2)19(28)23-18-16(21)7-5-8-17(18)22/h5,7-13H,3-4,6H2,1-2H3,(H,23,28). The Hall–Kier alpha value is -2.81. The van der Waals surface area contributed by atoms with Crippen molar-refractivity contribution in [1.29, 1.82) is 0 Å². The molecule has 0 aliphatic rings. The summed E-state index contributed by atoms with van der Waals surface area (Å²) >= 11 is 1.10. The number of tetrazole rings is 1. The Morgan fingerprint density at radius 1 is 1.17 bits per heavy atom. The minimum absolute atomic E-state index is 0.406. The van der Waals surface area contributed by atoms with Crippen molar-refractivity contribution >= 4 is 23.4 Å². The second kappa shape index (κ2) is 9.60. The summed E-state index contributed by atoms with van der Waals surface area (Å²) in [6.45, 7) is 3.77. The van der Waals surface area contributed by atoms with Crippen LogP contribution in [0.15, 0.2) is 47.6 Å². The van der Waals surface area contributed by atoms with Gasteiger partial charge in [-0.1, -0.05) is 43.3 Å². The van der Waals surface area contributed by atoms with Crippen LogP contribution in [0.4, 0.5) is 14.5 Å². The molecule has 1 amide bonds. The molecule has 0 saturated carbocycles. The van der Waals surface area contributed by atoms with E-state index >= 15 is 0 Å². The van der Waals surface area contributed by atoms with Gasteiger partial charge in [-0.25, -0.2) is 8.78 Å². The summed E-state index contributed by atoms with van der Waals surface area (Å²) in [4.78, 5) is 12.4. The number of halogens is 2. The first-order valence-corrected chi connectivity index (χ1v) is 10.2. The highest BCUT2D eigenvalue weighted by atomic mass is 32.2. The van der Waals surface area contributed by atoms with Gasteiger partial charge in [0.1, 0.15) is 17.3 Å². The number of hydrogen-bond acceptors (Lipinski definition) is 5. The quantitative estimate of drug-likeness (QED) is 0.550. The molecular weight excluding hydrogens is 396 g/mol. The Balaban J connectivity index is 1.70. The molecule has 0 aliphatic carbocycles. The van der Waals surface area contributed by atoms with E-state index in [0.717, 1.165) is 48.8 Å². The molecule has 6 nitrogen and oxygen atoms in total. The van der Waals surface area contributed by atoms with Crippen molar-refractivity contribution in [3.05, 3.63) is 59.7 Å². The number of aromatic nitrogens is 4. The number of amides is 1. The Morgan fingerprint density at radius 2 is 1.86 bits per heavy atom. The molecule has 0 saturated heterocycles. The van der Waals surface area contributed by atoms with Gasteiger partial charge in [0.05, 0.1) is 10.9 Å². The number of para-hydroxylation sites is 1. The van der Waals surface area contributed by atoms with Crippen LogP contribution in [0.25, 0.3) is 5.69 Å². The van der Waals surface area contributed by atoms with Crippen LogP contribution < -0.4 is 5.32 Å². The Bertz CT molecular complexity index is 957. The lowest BCUT2D eigenvalue weighted by molar-refractivity contribution is -0.115. The van der Waals surface area contributed by atoms with Gasteiger partial charge in [0.25, 0.3) is 0 Å². The molecular formula is C20H21F2N5OS. The third-order valence-electron chi connectivity index (χ3n) is 4.30. The molecule has 1 aromatic heterocycles. The molecule has 1 unspecified atom stereocenters.